The highest BCUT2D eigenvalue weighted by molar-refractivity contribution is 6.63. The third-order valence-electron chi connectivity index (χ3n) is 20.8. The Kier molecular flexibility index (Phi) is 115. The molecule has 0 aromatic carbocycles. The van der Waals surface area contributed by atoms with E-state index in [-0.39, 0.29) is 87.4 Å². The predicted molar refractivity (Wildman–Crippen MR) is 512 cm³/mol. The number of ether oxygens (including phenoxy) is 7. The first-order chi connectivity index (χ1) is 62.3. The van der Waals surface area contributed by atoms with Gasteiger partial charge in [-0.1, -0.05) is 395 Å². The molecular weight excluding hydrogens is 1680 g/mol. The van der Waals surface area contributed by atoms with Crippen LogP contribution in [-0.2, 0) is 95.5 Å². The molecule has 0 aromatic rings. The van der Waals surface area contributed by atoms with Crippen molar-refractivity contribution in [2.75, 3.05) is 52.9 Å². The number of hydrogen-bond donors (Lipinski definition) is 6. The molecule has 0 saturated heterocycles. The second-order valence-corrected chi connectivity index (χ2v) is 34.0. The van der Waals surface area contributed by atoms with Gasteiger partial charge in [0.1, 0.15) is 45.7 Å². The minimum atomic E-state index is -1.29. The van der Waals surface area contributed by atoms with Crippen LogP contribution in [0, 0.1) is 0 Å². The number of halogens is 1. The van der Waals surface area contributed by atoms with Gasteiger partial charge in [0, 0.05) is 69.2 Å². The van der Waals surface area contributed by atoms with Crippen molar-refractivity contribution in [1.29, 1.82) is 0 Å². The van der Waals surface area contributed by atoms with Gasteiger partial charge in [-0.15, -0.1) is 0 Å². The molecule has 129 heavy (non-hydrogen) atoms. The molecule has 0 heterocycles. The van der Waals surface area contributed by atoms with Crippen LogP contribution in [-0.4, -0.2) is 172 Å². The molecule has 0 bridgehead atoms. The smallest absolute Gasteiger partial charge is 0.331 e. The van der Waals surface area contributed by atoms with E-state index in [1.54, 1.807) is 0 Å². The van der Waals surface area contributed by atoms with E-state index >= 15 is 0 Å². The van der Waals surface area contributed by atoms with Crippen LogP contribution in [0.2, 0.25) is 0 Å². The van der Waals surface area contributed by atoms with Crippen molar-refractivity contribution in [3.05, 3.63) is 24.3 Å². The van der Waals surface area contributed by atoms with Crippen molar-refractivity contribution in [2.45, 2.75) is 497 Å². The second kappa shape index (κ2) is 112. The number of unbranched alkanes of at least 4 members (excludes halogenated alkanes) is 54. The van der Waals surface area contributed by atoms with E-state index in [2.05, 4.69) is 48.5 Å². The topological polar surface area (TPSA) is 408 Å². The molecule has 27 heteroatoms. The standard InChI is InChI=1S/C29H50O8.C27H52O5.C27H50O5.C12H23ClO.C4H4O4.C3H6O3/c1-3-5-7-9-11-12-14-16-18-20-28(33)36-24-25(37-29(34)22-21-26(30)31)23-35-27(32)19-17-15-13-10-8-6-4-2;2*1-3-5-7-9-11-13-15-17-19-21-26(29)31-23-25(28)24-32-27(30)22-20-18-16-14-12-10-8-6-4-2;1-2-3-4-5-6-7-8-9-10-11-12(13)14;5-3(6)1-2-4(7)8;4-1-3(6)2-5/h21-22,25H,3-20,23-24H2,1-2H3,(H,30,31);25,28H,3-24H2,1-2H3;3-24H2,1-2H3;2-11H2,1H3;1-2H,(H,5,6)(H,7,8);4-5H,1-2H2/b22-21+;;;;2-1+;. The second-order valence-electron chi connectivity index (χ2n) is 33.5. The van der Waals surface area contributed by atoms with Gasteiger partial charge in [0.25, 0.3) is 0 Å². The molecule has 756 valence electrons. The molecule has 0 rings (SSSR count). The third-order valence-corrected chi connectivity index (χ3v) is 21.0. The average molecular weight is 1860 g/mol. The zero-order chi connectivity index (χ0) is 97.2. The summed E-state index contributed by atoms with van der Waals surface area (Å²) >= 11 is 5.24. The number of rotatable bonds is 87. The molecule has 0 spiro atoms. The summed E-state index contributed by atoms with van der Waals surface area (Å²) in [7, 11) is 0. The number of esters is 7. The summed E-state index contributed by atoms with van der Waals surface area (Å²) in [5.74, 6) is -7.70. The fourth-order valence-corrected chi connectivity index (χ4v) is 13.1. The van der Waals surface area contributed by atoms with E-state index in [4.69, 9.17) is 70.3 Å². The van der Waals surface area contributed by atoms with E-state index in [0.717, 1.165) is 141 Å². The number of carbonyl (C=O) groups excluding carboxylic acids is 10. The molecule has 6 N–H and O–H groups in total. The van der Waals surface area contributed by atoms with Crippen LogP contribution >= 0.6 is 11.6 Å². The van der Waals surface area contributed by atoms with Gasteiger partial charge in [0.05, 0.1) is 0 Å². The Labute approximate surface area is 784 Å². The van der Waals surface area contributed by atoms with Gasteiger partial charge in [0.15, 0.2) is 25.1 Å². The first-order valence-electron chi connectivity index (χ1n) is 50.6. The number of ketones is 2. The molecule has 0 aliphatic heterocycles. The van der Waals surface area contributed by atoms with Crippen LogP contribution in [0.15, 0.2) is 24.3 Å². The fraction of sp³-hybridized carbons (Fsp3) is 0.833. The van der Waals surface area contributed by atoms with Crippen LogP contribution in [0.1, 0.15) is 485 Å². The zero-order valence-electron chi connectivity index (χ0n) is 81.9. The van der Waals surface area contributed by atoms with Crippen LogP contribution in [0.4, 0.5) is 0 Å². The maximum Gasteiger partial charge on any atom is 0.331 e. The van der Waals surface area contributed by atoms with Crippen molar-refractivity contribution in [3.63, 3.8) is 0 Å². The van der Waals surface area contributed by atoms with E-state index < -0.39 is 67.0 Å². The highest BCUT2D eigenvalue weighted by Gasteiger charge is 2.20. The summed E-state index contributed by atoms with van der Waals surface area (Å²) in [6, 6.07) is 0. The van der Waals surface area contributed by atoms with Crippen LogP contribution < -0.4 is 0 Å². The lowest BCUT2D eigenvalue weighted by Crippen LogP contribution is -2.30. The maximum absolute atomic E-state index is 12.1. The number of Topliss-reactive ketones (excluding diaryl/α,β-unsaturated/α-hetero) is 2. The number of carboxylic acids is 3. The molecule has 1 unspecified atom stereocenters. The van der Waals surface area contributed by atoms with Crippen molar-refractivity contribution < 1.29 is 126 Å². The molecule has 26 nitrogen and oxygen atoms in total. The average Bonchev–Trinajstić information content (AvgIpc) is 0.942. The largest absolute Gasteiger partial charge is 0.478 e. The van der Waals surface area contributed by atoms with E-state index in [1.807, 2.05) is 0 Å². The van der Waals surface area contributed by atoms with Crippen LogP contribution in [0.25, 0.3) is 0 Å². The number of aliphatic hydroxyl groups is 3. The van der Waals surface area contributed by atoms with Gasteiger partial charge in [0.2, 0.25) is 11.0 Å². The maximum atomic E-state index is 12.1. The molecule has 0 amide bonds. The fourth-order valence-electron chi connectivity index (χ4n) is 12.9. The van der Waals surface area contributed by atoms with Gasteiger partial charge in [-0.3, -0.25) is 43.2 Å². The minimum Gasteiger partial charge on any atom is -0.478 e. The number of aliphatic hydroxyl groups excluding tert-OH is 3. The zero-order valence-corrected chi connectivity index (χ0v) is 82.7. The summed E-state index contributed by atoms with van der Waals surface area (Å²) in [5.41, 5.74) is 0. The SMILES string of the molecule is CCCCCCCCCCCC(=O)Cl.CCCCCCCCCCCC(=O)OCC(=O)COC(=O)CCCCCCCCCCC.CCCCCCCCCCCC(=O)OCC(COC(=O)CCCCCCCCC)OC(=O)/C=C/C(=O)O.CCCCCCCCCCCC(=O)OCC(O)COC(=O)CCCCCCCCCCC.O=C(CO)CO.O=C(O)/C=C/C(=O)O. The monoisotopic (exact) mass is 1860 g/mol. The number of carbonyl (C=O) groups is 13. The normalized spacial score (nSPS) is 10.9. The van der Waals surface area contributed by atoms with Crippen molar-refractivity contribution in [2.24, 2.45) is 0 Å². The quantitative estimate of drug-likeness (QED) is 0.0108. The first-order valence-corrected chi connectivity index (χ1v) is 51.0. The third kappa shape index (κ3) is 128. The number of aliphatic carboxylic acids is 3. The lowest BCUT2D eigenvalue weighted by molar-refractivity contribution is -0.163. The molecule has 0 fully saturated rings. The Morgan fingerprint density at radius 1 is 0.240 bits per heavy atom. The Hall–Kier alpha value is -6.64. The summed E-state index contributed by atoms with van der Waals surface area (Å²) in [4.78, 5) is 145. The molecular formula is C102H185ClO26. The summed E-state index contributed by atoms with van der Waals surface area (Å²) < 4.78 is 35.7. The summed E-state index contributed by atoms with van der Waals surface area (Å²) in [6.45, 7) is 13.0. The predicted octanol–water partition coefficient (Wildman–Crippen LogP) is 24.4. The van der Waals surface area contributed by atoms with E-state index in [1.165, 1.54) is 257 Å². The molecule has 0 aliphatic carbocycles. The van der Waals surface area contributed by atoms with E-state index in [9.17, 15) is 67.4 Å². The number of hydrogen-bond acceptors (Lipinski definition) is 23. The molecule has 0 aromatic heterocycles. The minimum absolute atomic E-state index is 0.110. The first kappa shape index (κ1) is 133. The summed E-state index contributed by atoms with van der Waals surface area (Å²) in [5, 5.41) is 49.6. The van der Waals surface area contributed by atoms with Crippen LogP contribution in [0.5, 0.6) is 0 Å². The van der Waals surface area contributed by atoms with Gasteiger partial charge in [-0.05, 0) is 56.5 Å². The molecule has 0 aliphatic rings. The van der Waals surface area contributed by atoms with Crippen molar-refractivity contribution >= 4 is 88.1 Å². The summed E-state index contributed by atoms with van der Waals surface area (Å²) in [6.07, 6.45) is 75.5. The number of carboxylic acid groups (broad SMARTS) is 3. The Morgan fingerprint density at radius 3 is 0.605 bits per heavy atom. The Balaban J connectivity index is -0.000000382. The van der Waals surface area contributed by atoms with E-state index in [0.29, 0.717) is 50.3 Å². The molecule has 1 atom stereocenters. The highest BCUT2D eigenvalue weighted by atomic mass is 35.5. The molecule has 0 saturated carbocycles. The molecule has 0 radical (unpaired) electrons. The Morgan fingerprint density at radius 2 is 0.419 bits per heavy atom. The highest BCUT2D eigenvalue weighted by Crippen LogP contribution is 2.19. The lowest BCUT2D eigenvalue weighted by atomic mass is 10.1. The van der Waals surface area contributed by atoms with Crippen LogP contribution in [0.3, 0.4) is 0 Å². The lowest BCUT2D eigenvalue weighted by Gasteiger charge is -2.17. The van der Waals surface area contributed by atoms with Gasteiger partial charge in [-0.25, -0.2) is 19.2 Å². The van der Waals surface area contributed by atoms with Crippen molar-refractivity contribution in [1.82, 2.24) is 0 Å². The Bertz CT molecular complexity index is 2590. The van der Waals surface area contributed by atoms with Gasteiger partial charge < -0.3 is 63.8 Å². The van der Waals surface area contributed by atoms with Gasteiger partial charge >= 0.3 is 59.7 Å². The van der Waals surface area contributed by atoms with Gasteiger partial charge in [-0.2, -0.15) is 0 Å². The van der Waals surface area contributed by atoms with Crippen molar-refractivity contribution in [3.8, 4) is 0 Å².